The Morgan fingerprint density at radius 3 is 2.62 bits per heavy atom. The number of carbonyl (C=O) groups is 1. The molecule has 5 nitrogen and oxygen atoms in total. The van der Waals surface area contributed by atoms with E-state index in [1.807, 2.05) is 62.4 Å². The van der Waals surface area contributed by atoms with Crippen LogP contribution in [0.25, 0.3) is 0 Å². The van der Waals surface area contributed by atoms with E-state index in [1.54, 1.807) is 0 Å². The smallest absolute Gasteiger partial charge is 0.312 e. The predicted octanol–water partition coefficient (Wildman–Crippen LogP) is 3.86. The number of nitrogens with zero attached hydrogens (tertiary/aromatic N) is 1. The number of amidine groups is 1. The third-order valence-electron chi connectivity index (χ3n) is 4.24. The normalized spacial score (nSPS) is 17.4. The van der Waals surface area contributed by atoms with Crippen molar-refractivity contribution in [2.45, 2.75) is 20.0 Å². The summed E-state index contributed by atoms with van der Waals surface area (Å²) < 4.78 is 4.78. The molecule has 0 radical (unpaired) electrons. The number of nitrogens with one attached hydrogen (secondary N) is 2. The Hall–Kier alpha value is -3.08. The number of hydrogen-bond acceptors (Lipinski definition) is 5. The van der Waals surface area contributed by atoms with Crippen molar-refractivity contribution in [3.05, 3.63) is 77.5 Å². The highest BCUT2D eigenvalue weighted by Crippen LogP contribution is 2.29. The van der Waals surface area contributed by atoms with E-state index in [2.05, 4.69) is 22.8 Å². The second kappa shape index (κ2) is 7.87. The molecule has 5 heteroatoms. The van der Waals surface area contributed by atoms with Gasteiger partial charge in [-0.2, -0.15) is 0 Å². The van der Waals surface area contributed by atoms with Crippen LogP contribution in [0.2, 0.25) is 0 Å². The van der Waals surface area contributed by atoms with E-state index >= 15 is 0 Å². The molecule has 2 N–H and O–H groups in total. The quantitative estimate of drug-likeness (QED) is 0.823. The van der Waals surface area contributed by atoms with Crippen LogP contribution in [0.15, 0.2) is 71.4 Å². The molecule has 1 aliphatic heterocycles. The SMILES string of the molecule is COC(=O)C(C)/C=C(\C)NC1=NC(c2ccccc2)Nc2ccccc21. The zero-order chi connectivity index (χ0) is 18.5. The number of esters is 1. The largest absolute Gasteiger partial charge is 0.469 e. The molecular formula is C21H23N3O2. The monoisotopic (exact) mass is 349 g/mol. The first-order chi connectivity index (χ1) is 12.6. The number of rotatable bonds is 4. The second-order valence-corrected chi connectivity index (χ2v) is 6.27. The Labute approximate surface area is 153 Å². The first-order valence-electron chi connectivity index (χ1n) is 8.60. The van der Waals surface area contributed by atoms with Gasteiger partial charge in [-0.1, -0.05) is 48.5 Å². The van der Waals surface area contributed by atoms with E-state index in [4.69, 9.17) is 9.73 Å². The van der Waals surface area contributed by atoms with Gasteiger partial charge in [0.25, 0.3) is 0 Å². The van der Waals surface area contributed by atoms with Crippen LogP contribution < -0.4 is 10.6 Å². The molecule has 0 spiro atoms. The fourth-order valence-corrected chi connectivity index (χ4v) is 2.94. The Balaban J connectivity index is 1.90. The molecule has 0 amide bonds. The Morgan fingerprint density at radius 1 is 1.19 bits per heavy atom. The van der Waals surface area contributed by atoms with E-state index in [-0.39, 0.29) is 18.1 Å². The van der Waals surface area contributed by atoms with E-state index in [1.165, 1.54) is 7.11 Å². The summed E-state index contributed by atoms with van der Waals surface area (Å²) in [6.07, 6.45) is 1.68. The first-order valence-corrected chi connectivity index (χ1v) is 8.60. The molecule has 2 aromatic carbocycles. The van der Waals surface area contributed by atoms with Crippen LogP contribution in [-0.2, 0) is 9.53 Å². The number of benzene rings is 2. The van der Waals surface area contributed by atoms with Crippen molar-refractivity contribution < 1.29 is 9.53 Å². The van der Waals surface area contributed by atoms with Crippen LogP contribution in [0.1, 0.15) is 31.1 Å². The van der Waals surface area contributed by atoms with Crippen LogP contribution in [0.5, 0.6) is 0 Å². The van der Waals surface area contributed by atoms with Gasteiger partial charge < -0.3 is 15.4 Å². The maximum Gasteiger partial charge on any atom is 0.312 e. The number of ether oxygens (including phenoxy) is 1. The highest BCUT2D eigenvalue weighted by Gasteiger charge is 2.21. The lowest BCUT2D eigenvalue weighted by Crippen LogP contribution is -2.30. The summed E-state index contributed by atoms with van der Waals surface area (Å²) in [5.41, 5.74) is 3.96. The molecule has 2 atom stereocenters. The van der Waals surface area contributed by atoms with Crippen molar-refractivity contribution >= 4 is 17.5 Å². The van der Waals surface area contributed by atoms with E-state index in [0.29, 0.717) is 0 Å². The van der Waals surface area contributed by atoms with Crippen molar-refractivity contribution in [2.75, 3.05) is 12.4 Å². The van der Waals surface area contributed by atoms with Crippen LogP contribution in [0, 0.1) is 5.92 Å². The molecule has 2 aromatic rings. The average molecular weight is 349 g/mol. The van der Waals surface area contributed by atoms with Gasteiger partial charge in [-0.05, 0) is 31.5 Å². The summed E-state index contributed by atoms with van der Waals surface area (Å²) in [6.45, 7) is 3.73. The molecule has 3 rings (SSSR count). The molecule has 0 fully saturated rings. The summed E-state index contributed by atoms with van der Waals surface area (Å²) >= 11 is 0. The summed E-state index contributed by atoms with van der Waals surface area (Å²) in [6, 6.07) is 18.1. The van der Waals surface area contributed by atoms with Crippen molar-refractivity contribution in [1.29, 1.82) is 0 Å². The van der Waals surface area contributed by atoms with Gasteiger partial charge >= 0.3 is 5.97 Å². The number of aliphatic imine (C=N–C) groups is 1. The van der Waals surface area contributed by atoms with Gasteiger partial charge in [0.15, 0.2) is 0 Å². The standard InChI is InChI=1S/C21H23N3O2/c1-14(21(25)26-3)13-15(2)22-20-17-11-7-8-12-18(17)23-19(24-20)16-9-5-4-6-10-16/h4-14,19,23H,1-3H3,(H,22,24)/b15-13+. The van der Waals surface area contributed by atoms with Gasteiger partial charge in [-0.15, -0.1) is 0 Å². The molecular weight excluding hydrogens is 326 g/mol. The topological polar surface area (TPSA) is 62.7 Å². The minimum absolute atomic E-state index is 0.167. The van der Waals surface area contributed by atoms with Crippen LogP contribution in [0.3, 0.4) is 0 Å². The van der Waals surface area contributed by atoms with Crippen molar-refractivity contribution in [3.63, 3.8) is 0 Å². The van der Waals surface area contributed by atoms with Crippen LogP contribution in [-0.4, -0.2) is 18.9 Å². The number of anilines is 1. The van der Waals surface area contributed by atoms with E-state index in [0.717, 1.165) is 28.3 Å². The predicted molar refractivity (Wildman–Crippen MR) is 104 cm³/mol. The average Bonchev–Trinajstić information content (AvgIpc) is 2.67. The highest BCUT2D eigenvalue weighted by atomic mass is 16.5. The number of para-hydroxylation sites is 1. The molecule has 2 unspecified atom stereocenters. The van der Waals surface area contributed by atoms with Gasteiger partial charge in [-0.25, -0.2) is 4.99 Å². The fraction of sp³-hybridized carbons (Fsp3) is 0.238. The lowest BCUT2D eigenvalue weighted by atomic mass is 10.1. The minimum Gasteiger partial charge on any atom is -0.469 e. The third-order valence-corrected chi connectivity index (χ3v) is 4.24. The highest BCUT2D eigenvalue weighted by molar-refractivity contribution is 6.05. The molecule has 134 valence electrons. The number of carbonyl (C=O) groups excluding carboxylic acids is 1. The van der Waals surface area contributed by atoms with Crippen molar-refractivity contribution in [1.82, 2.24) is 5.32 Å². The van der Waals surface area contributed by atoms with Gasteiger partial charge in [0, 0.05) is 16.9 Å². The van der Waals surface area contributed by atoms with E-state index in [9.17, 15) is 4.79 Å². The van der Waals surface area contributed by atoms with Crippen molar-refractivity contribution in [3.8, 4) is 0 Å². The Bertz CT molecular complexity index is 843. The maximum atomic E-state index is 11.6. The molecule has 26 heavy (non-hydrogen) atoms. The Kier molecular flexibility index (Phi) is 5.37. The van der Waals surface area contributed by atoms with Gasteiger partial charge in [-0.3, -0.25) is 4.79 Å². The lowest BCUT2D eigenvalue weighted by Gasteiger charge is -2.26. The summed E-state index contributed by atoms with van der Waals surface area (Å²) in [7, 11) is 1.40. The Morgan fingerprint density at radius 2 is 1.88 bits per heavy atom. The number of allylic oxidation sites excluding steroid dienone is 1. The van der Waals surface area contributed by atoms with Crippen LogP contribution >= 0.6 is 0 Å². The molecule has 0 saturated heterocycles. The van der Waals surface area contributed by atoms with Gasteiger partial charge in [0.2, 0.25) is 0 Å². The minimum atomic E-state index is -0.324. The van der Waals surface area contributed by atoms with Crippen molar-refractivity contribution in [2.24, 2.45) is 10.9 Å². The lowest BCUT2D eigenvalue weighted by molar-refractivity contribution is -0.143. The van der Waals surface area contributed by atoms with Crippen LogP contribution in [0.4, 0.5) is 5.69 Å². The molecule has 1 aliphatic rings. The number of fused-ring (bicyclic) bond motifs is 1. The number of methoxy groups -OCH3 is 1. The maximum absolute atomic E-state index is 11.6. The molecule has 1 heterocycles. The number of hydrogen-bond donors (Lipinski definition) is 2. The molecule has 0 aromatic heterocycles. The summed E-state index contributed by atoms with van der Waals surface area (Å²) in [5, 5.41) is 6.81. The fourth-order valence-electron chi connectivity index (χ4n) is 2.94. The molecule has 0 saturated carbocycles. The first kappa shape index (κ1) is 17.7. The third kappa shape index (κ3) is 3.94. The zero-order valence-electron chi connectivity index (χ0n) is 15.2. The zero-order valence-corrected chi connectivity index (χ0v) is 15.2. The summed E-state index contributed by atoms with van der Waals surface area (Å²) in [4.78, 5) is 16.5. The van der Waals surface area contributed by atoms with Gasteiger partial charge in [0.05, 0.1) is 13.0 Å². The second-order valence-electron chi connectivity index (χ2n) is 6.27. The molecule has 0 bridgehead atoms. The summed E-state index contributed by atoms with van der Waals surface area (Å²) in [5.74, 6) is 0.190. The molecule has 0 aliphatic carbocycles. The van der Waals surface area contributed by atoms with E-state index < -0.39 is 0 Å². The van der Waals surface area contributed by atoms with Gasteiger partial charge in [0.1, 0.15) is 12.0 Å².